The molecule has 0 aliphatic rings. The van der Waals surface area contributed by atoms with E-state index in [9.17, 15) is 0 Å². The molecule has 0 saturated heterocycles. The van der Waals surface area contributed by atoms with Gasteiger partial charge in [0, 0.05) is 28.2 Å². The van der Waals surface area contributed by atoms with E-state index in [1.165, 1.54) is 0 Å². The predicted molar refractivity (Wildman–Crippen MR) is 80.4 cm³/mol. The van der Waals surface area contributed by atoms with Crippen molar-refractivity contribution in [1.82, 2.24) is 4.90 Å². The van der Waals surface area contributed by atoms with Gasteiger partial charge in [0.25, 0.3) is 0 Å². The maximum Gasteiger partial charge on any atom is 0.0487 e. The average molecular weight is 289 g/mol. The molecule has 0 fully saturated rings. The van der Waals surface area contributed by atoms with Gasteiger partial charge in [0.1, 0.15) is 0 Å². The standard InChI is InChI=1S/C14H22Cl2N2/c1-5-14(2,3)18(4)13(9-17)11-7-6-10(15)8-12(11)16/h6-8,13H,5,9,17H2,1-4H3. The van der Waals surface area contributed by atoms with E-state index in [-0.39, 0.29) is 11.6 Å². The molecular weight excluding hydrogens is 267 g/mol. The van der Waals surface area contributed by atoms with E-state index < -0.39 is 0 Å². The van der Waals surface area contributed by atoms with Crippen LogP contribution in [0.15, 0.2) is 18.2 Å². The summed E-state index contributed by atoms with van der Waals surface area (Å²) in [5.74, 6) is 0. The second-order valence-corrected chi connectivity index (χ2v) is 6.04. The Labute approximate surface area is 120 Å². The third-order valence-corrected chi connectivity index (χ3v) is 4.39. The maximum absolute atomic E-state index is 6.27. The summed E-state index contributed by atoms with van der Waals surface area (Å²) in [6, 6.07) is 5.70. The Morgan fingerprint density at radius 2 is 1.94 bits per heavy atom. The number of hydrogen-bond acceptors (Lipinski definition) is 2. The average Bonchev–Trinajstić information content (AvgIpc) is 2.32. The van der Waals surface area contributed by atoms with Crippen molar-refractivity contribution in [3.63, 3.8) is 0 Å². The van der Waals surface area contributed by atoms with Crippen molar-refractivity contribution in [1.29, 1.82) is 0 Å². The van der Waals surface area contributed by atoms with Crippen molar-refractivity contribution in [3.05, 3.63) is 33.8 Å². The highest BCUT2D eigenvalue weighted by atomic mass is 35.5. The minimum absolute atomic E-state index is 0.0764. The molecule has 1 aromatic rings. The lowest BCUT2D eigenvalue weighted by Crippen LogP contribution is -2.45. The molecule has 0 amide bonds. The van der Waals surface area contributed by atoms with E-state index >= 15 is 0 Å². The summed E-state index contributed by atoms with van der Waals surface area (Å²) in [6.07, 6.45) is 1.05. The minimum Gasteiger partial charge on any atom is -0.329 e. The van der Waals surface area contributed by atoms with E-state index in [4.69, 9.17) is 28.9 Å². The van der Waals surface area contributed by atoms with E-state index in [1.807, 2.05) is 12.1 Å². The van der Waals surface area contributed by atoms with Crippen LogP contribution in [-0.2, 0) is 0 Å². The second kappa shape index (κ2) is 6.25. The first-order valence-corrected chi connectivity index (χ1v) is 6.97. The first-order valence-electron chi connectivity index (χ1n) is 6.21. The van der Waals surface area contributed by atoms with Gasteiger partial charge in [0.2, 0.25) is 0 Å². The zero-order valence-electron chi connectivity index (χ0n) is 11.5. The summed E-state index contributed by atoms with van der Waals surface area (Å²) < 4.78 is 0. The molecule has 1 rings (SSSR count). The van der Waals surface area contributed by atoms with Gasteiger partial charge >= 0.3 is 0 Å². The lowest BCUT2D eigenvalue weighted by Gasteiger charge is -2.40. The van der Waals surface area contributed by atoms with Crippen LogP contribution in [0, 0.1) is 0 Å². The topological polar surface area (TPSA) is 29.3 Å². The molecular formula is C14H22Cl2N2. The molecule has 0 aliphatic heterocycles. The largest absolute Gasteiger partial charge is 0.329 e. The SMILES string of the molecule is CCC(C)(C)N(C)C(CN)c1ccc(Cl)cc1Cl. The highest BCUT2D eigenvalue weighted by Gasteiger charge is 2.29. The van der Waals surface area contributed by atoms with E-state index in [0.717, 1.165) is 12.0 Å². The fourth-order valence-electron chi connectivity index (χ4n) is 1.94. The van der Waals surface area contributed by atoms with Crippen LogP contribution in [0.3, 0.4) is 0 Å². The summed E-state index contributed by atoms with van der Waals surface area (Å²) >= 11 is 12.2. The second-order valence-electron chi connectivity index (χ2n) is 5.19. The molecule has 102 valence electrons. The molecule has 0 spiro atoms. The van der Waals surface area contributed by atoms with Crippen molar-refractivity contribution in [2.45, 2.75) is 38.8 Å². The smallest absolute Gasteiger partial charge is 0.0487 e. The van der Waals surface area contributed by atoms with Crippen LogP contribution in [0.25, 0.3) is 0 Å². The number of hydrogen-bond donors (Lipinski definition) is 1. The van der Waals surface area contributed by atoms with Crippen molar-refractivity contribution in [2.24, 2.45) is 5.73 Å². The highest BCUT2D eigenvalue weighted by molar-refractivity contribution is 6.35. The molecule has 0 saturated carbocycles. The lowest BCUT2D eigenvalue weighted by atomic mass is 9.95. The van der Waals surface area contributed by atoms with Crippen LogP contribution in [0.4, 0.5) is 0 Å². The number of nitrogens with zero attached hydrogens (tertiary/aromatic N) is 1. The molecule has 0 aliphatic carbocycles. The van der Waals surface area contributed by atoms with Crippen LogP contribution in [0.2, 0.25) is 10.0 Å². The number of nitrogens with two attached hydrogens (primary N) is 1. The zero-order chi connectivity index (χ0) is 13.9. The third kappa shape index (κ3) is 3.39. The summed E-state index contributed by atoms with van der Waals surface area (Å²) in [4.78, 5) is 2.28. The Hall–Kier alpha value is -0.280. The van der Waals surface area contributed by atoms with Gasteiger partial charge in [-0.1, -0.05) is 36.2 Å². The van der Waals surface area contributed by atoms with E-state index in [0.29, 0.717) is 16.6 Å². The highest BCUT2D eigenvalue weighted by Crippen LogP contribution is 2.33. The first kappa shape index (κ1) is 15.8. The van der Waals surface area contributed by atoms with Gasteiger partial charge in [-0.25, -0.2) is 0 Å². The first-order chi connectivity index (χ1) is 8.33. The Bertz CT molecular complexity index is 405. The van der Waals surface area contributed by atoms with Crippen LogP contribution < -0.4 is 5.73 Å². The molecule has 4 heteroatoms. The molecule has 0 aromatic heterocycles. The van der Waals surface area contributed by atoms with E-state index in [1.54, 1.807) is 6.07 Å². The molecule has 2 N–H and O–H groups in total. The van der Waals surface area contributed by atoms with Gasteiger partial charge in [-0.15, -0.1) is 0 Å². The van der Waals surface area contributed by atoms with Gasteiger partial charge in [-0.05, 0) is 45.0 Å². The lowest BCUT2D eigenvalue weighted by molar-refractivity contribution is 0.101. The summed E-state index contributed by atoms with van der Waals surface area (Å²) in [7, 11) is 2.09. The normalized spacial score (nSPS) is 14.0. The molecule has 1 unspecified atom stereocenters. The van der Waals surface area contributed by atoms with Crippen LogP contribution in [0.1, 0.15) is 38.8 Å². The van der Waals surface area contributed by atoms with Gasteiger partial charge in [-0.3, -0.25) is 4.90 Å². The van der Waals surface area contributed by atoms with Gasteiger partial charge < -0.3 is 5.73 Å². The van der Waals surface area contributed by atoms with Crippen molar-refractivity contribution < 1.29 is 0 Å². The van der Waals surface area contributed by atoms with Gasteiger partial charge in [0.15, 0.2) is 0 Å². The van der Waals surface area contributed by atoms with Gasteiger partial charge in [-0.2, -0.15) is 0 Å². The van der Waals surface area contributed by atoms with Crippen molar-refractivity contribution in [3.8, 4) is 0 Å². The molecule has 0 heterocycles. The van der Waals surface area contributed by atoms with Crippen molar-refractivity contribution >= 4 is 23.2 Å². The Morgan fingerprint density at radius 3 is 2.39 bits per heavy atom. The Morgan fingerprint density at radius 1 is 1.33 bits per heavy atom. The summed E-state index contributed by atoms with van der Waals surface area (Å²) in [5, 5.41) is 1.33. The third-order valence-electron chi connectivity index (χ3n) is 3.83. The quantitative estimate of drug-likeness (QED) is 0.883. The number of likely N-dealkylation sites (N-methyl/N-ethyl adjacent to an activating group) is 1. The molecule has 1 atom stereocenters. The Balaban J connectivity index is 3.10. The molecule has 0 bridgehead atoms. The summed E-state index contributed by atoms with van der Waals surface area (Å²) in [5.41, 5.74) is 7.04. The molecule has 0 radical (unpaired) electrons. The van der Waals surface area contributed by atoms with Crippen LogP contribution in [0.5, 0.6) is 0 Å². The Kier molecular flexibility index (Phi) is 5.47. The fraction of sp³-hybridized carbons (Fsp3) is 0.571. The van der Waals surface area contributed by atoms with E-state index in [2.05, 4.69) is 32.7 Å². The van der Waals surface area contributed by atoms with Gasteiger partial charge in [0.05, 0.1) is 0 Å². The zero-order valence-corrected chi connectivity index (χ0v) is 13.0. The minimum atomic E-state index is 0.0764. The summed E-state index contributed by atoms with van der Waals surface area (Å²) in [6.45, 7) is 7.12. The monoisotopic (exact) mass is 288 g/mol. The fourth-order valence-corrected chi connectivity index (χ4v) is 2.47. The van der Waals surface area contributed by atoms with Crippen LogP contribution >= 0.6 is 23.2 Å². The number of halogens is 2. The van der Waals surface area contributed by atoms with Crippen LogP contribution in [-0.4, -0.2) is 24.0 Å². The molecule has 18 heavy (non-hydrogen) atoms. The molecule has 2 nitrogen and oxygen atoms in total. The molecule has 1 aromatic carbocycles. The predicted octanol–water partition coefficient (Wildman–Crippen LogP) is 4.11. The maximum atomic E-state index is 6.27. The number of rotatable bonds is 5. The number of benzene rings is 1. The van der Waals surface area contributed by atoms with Crippen molar-refractivity contribution in [2.75, 3.05) is 13.6 Å².